The average molecular weight is 561 g/mol. The van der Waals surface area contributed by atoms with Crippen LogP contribution in [0.15, 0.2) is 60.7 Å². The van der Waals surface area contributed by atoms with Crippen molar-refractivity contribution in [3.05, 3.63) is 71.8 Å². The van der Waals surface area contributed by atoms with Crippen molar-refractivity contribution in [3.63, 3.8) is 0 Å². The fourth-order valence-electron chi connectivity index (χ4n) is 9.78. The molecule has 0 bridgehead atoms. The molecule has 1 unspecified atom stereocenters. The Hall–Kier alpha value is -2.70. The van der Waals surface area contributed by atoms with Gasteiger partial charge in [-0.3, -0.25) is 0 Å². The maximum Gasteiger partial charge on any atom is 0.338 e. The second kappa shape index (κ2) is 10.5. The maximum atomic E-state index is 13.5. The first kappa shape index (κ1) is 28.4. The van der Waals surface area contributed by atoms with Crippen molar-refractivity contribution >= 4 is 11.9 Å². The number of hydrogen-bond acceptors (Lipinski definition) is 6. The monoisotopic (exact) mass is 560 g/mol. The Kier molecular flexibility index (Phi) is 7.30. The van der Waals surface area contributed by atoms with Crippen LogP contribution >= 0.6 is 0 Å². The Morgan fingerprint density at radius 3 is 2.12 bits per heavy atom. The average Bonchev–Trinajstić information content (AvgIpc) is 3.26. The SMILES string of the molecule is C[C@@H](OC(=O)c1ccccc1)[C@H]1CC[C@]2(O)[C@@H]3CC[C@H]4C[C@@H](O)CC[C@]4(C)C3C[C@@H](OC(=O)c3ccccc3)[C@]12C. The Balaban J connectivity index is 1.35. The molecule has 2 aromatic rings. The highest BCUT2D eigenvalue weighted by molar-refractivity contribution is 5.90. The van der Waals surface area contributed by atoms with Gasteiger partial charge in [-0.25, -0.2) is 9.59 Å². The normalized spacial score (nSPS) is 40.4. The Bertz CT molecular complexity index is 1260. The van der Waals surface area contributed by atoms with Crippen molar-refractivity contribution in [2.75, 3.05) is 0 Å². The van der Waals surface area contributed by atoms with E-state index in [2.05, 4.69) is 13.8 Å². The van der Waals surface area contributed by atoms with Crippen molar-refractivity contribution < 1.29 is 29.3 Å². The molecule has 6 heteroatoms. The first-order valence-corrected chi connectivity index (χ1v) is 15.5. The van der Waals surface area contributed by atoms with Crippen LogP contribution in [0, 0.1) is 34.5 Å². The predicted molar refractivity (Wildman–Crippen MR) is 155 cm³/mol. The van der Waals surface area contributed by atoms with Crippen LogP contribution in [0.2, 0.25) is 0 Å². The van der Waals surface area contributed by atoms with Crippen molar-refractivity contribution in [2.45, 2.75) is 96.1 Å². The minimum atomic E-state index is -1.06. The van der Waals surface area contributed by atoms with Crippen LogP contribution in [-0.4, -0.2) is 46.1 Å². The second-order valence-corrected chi connectivity index (χ2v) is 13.7. The van der Waals surface area contributed by atoms with Crippen LogP contribution < -0.4 is 0 Å². The fraction of sp³-hybridized carbons (Fsp3) is 0.600. The molecular weight excluding hydrogens is 516 g/mol. The van der Waals surface area contributed by atoms with Crippen LogP contribution in [0.25, 0.3) is 0 Å². The Morgan fingerprint density at radius 1 is 0.829 bits per heavy atom. The van der Waals surface area contributed by atoms with Gasteiger partial charge in [-0.1, -0.05) is 50.2 Å². The number of aliphatic hydroxyl groups is 2. The third kappa shape index (κ3) is 4.53. The standard InChI is InChI=1S/C35H44O6/c1-22(40-31(37)23-10-6-4-7-11-23)27-17-19-35(39)28-15-14-25-20-26(36)16-18-33(25,2)29(28)21-30(34(27,35)3)41-32(38)24-12-8-5-9-13-24/h4-13,22,25-30,36,39H,14-21H2,1-3H3/t22-,25+,26+,27-,28-,29?,30-,33+,34+,35+/m1/s1. The van der Waals surface area contributed by atoms with E-state index in [9.17, 15) is 19.8 Å². The molecule has 4 saturated carbocycles. The number of ether oxygens (including phenoxy) is 2. The van der Waals surface area contributed by atoms with Gasteiger partial charge in [0.25, 0.3) is 0 Å². The summed E-state index contributed by atoms with van der Waals surface area (Å²) in [5.41, 5.74) is -0.876. The van der Waals surface area contributed by atoms with Gasteiger partial charge in [-0.05, 0) is 106 Å². The van der Waals surface area contributed by atoms with E-state index in [1.54, 1.807) is 24.3 Å². The summed E-state index contributed by atoms with van der Waals surface area (Å²) in [5, 5.41) is 23.4. The highest BCUT2D eigenvalue weighted by atomic mass is 16.6. The summed E-state index contributed by atoms with van der Waals surface area (Å²) in [6.07, 6.45) is 5.07. The number of carbonyl (C=O) groups is 2. The minimum absolute atomic E-state index is 0.0277. The number of hydrogen-bond donors (Lipinski definition) is 2. The van der Waals surface area contributed by atoms with E-state index in [1.807, 2.05) is 43.3 Å². The minimum Gasteiger partial charge on any atom is -0.459 e. The molecule has 4 aliphatic rings. The zero-order chi connectivity index (χ0) is 29.0. The number of carbonyl (C=O) groups excluding carboxylic acids is 2. The molecule has 0 heterocycles. The number of rotatable bonds is 5. The van der Waals surface area contributed by atoms with Gasteiger partial charge < -0.3 is 19.7 Å². The van der Waals surface area contributed by atoms with Crippen molar-refractivity contribution in [2.24, 2.45) is 34.5 Å². The summed E-state index contributed by atoms with van der Waals surface area (Å²) < 4.78 is 12.5. The van der Waals surface area contributed by atoms with Gasteiger partial charge in [-0.2, -0.15) is 0 Å². The molecule has 0 saturated heterocycles. The van der Waals surface area contributed by atoms with Gasteiger partial charge in [0.2, 0.25) is 0 Å². The predicted octanol–water partition coefficient (Wildman–Crippen LogP) is 6.20. The van der Waals surface area contributed by atoms with E-state index < -0.39 is 23.2 Å². The van der Waals surface area contributed by atoms with Crippen LogP contribution in [0.5, 0.6) is 0 Å². The molecule has 0 spiro atoms. The molecule has 0 radical (unpaired) electrons. The molecule has 0 amide bonds. The van der Waals surface area contributed by atoms with Gasteiger partial charge >= 0.3 is 11.9 Å². The van der Waals surface area contributed by atoms with Gasteiger partial charge in [0, 0.05) is 11.3 Å². The number of benzene rings is 2. The summed E-state index contributed by atoms with van der Waals surface area (Å²) in [5.74, 6) is -0.285. The molecule has 10 atom stereocenters. The molecule has 6 rings (SSSR count). The van der Waals surface area contributed by atoms with Crippen molar-refractivity contribution in [1.29, 1.82) is 0 Å². The molecule has 6 nitrogen and oxygen atoms in total. The molecule has 0 aliphatic heterocycles. The van der Waals surface area contributed by atoms with E-state index >= 15 is 0 Å². The van der Waals surface area contributed by atoms with Crippen LogP contribution in [-0.2, 0) is 9.47 Å². The van der Waals surface area contributed by atoms with E-state index in [0.717, 1.165) is 32.1 Å². The molecule has 4 fully saturated rings. The third-order valence-corrected chi connectivity index (χ3v) is 12.1. The van der Waals surface area contributed by atoms with E-state index in [4.69, 9.17) is 9.47 Å². The molecule has 2 N–H and O–H groups in total. The van der Waals surface area contributed by atoms with Gasteiger partial charge in [0.05, 0.1) is 22.8 Å². The topological polar surface area (TPSA) is 93.1 Å². The zero-order valence-electron chi connectivity index (χ0n) is 24.5. The maximum absolute atomic E-state index is 13.5. The third-order valence-electron chi connectivity index (χ3n) is 12.1. The smallest absolute Gasteiger partial charge is 0.338 e. The second-order valence-electron chi connectivity index (χ2n) is 13.7. The summed E-state index contributed by atoms with van der Waals surface area (Å²) in [4.78, 5) is 26.6. The largest absolute Gasteiger partial charge is 0.459 e. The van der Waals surface area contributed by atoms with Gasteiger partial charge in [-0.15, -0.1) is 0 Å². The zero-order valence-corrected chi connectivity index (χ0v) is 24.5. The molecule has 220 valence electrons. The Labute approximate surface area is 243 Å². The van der Waals surface area contributed by atoms with E-state index in [0.29, 0.717) is 36.3 Å². The van der Waals surface area contributed by atoms with Crippen LogP contribution in [0.1, 0.15) is 92.9 Å². The summed E-state index contributed by atoms with van der Waals surface area (Å²) >= 11 is 0. The summed E-state index contributed by atoms with van der Waals surface area (Å²) in [6.45, 7) is 6.35. The van der Waals surface area contributed by atoms with E-state index in [-0.39, 0.29) is 41.2 Å². The van der Waals surface area contributed by atoms with Gasteiger partial charge in [0.1, 0.15) is 12.2 Å². The highest BCUT2D eigenvalue weighted by Crippen LogP contribution is 2.70. The number of esters is 2. The summed E-state index contributed by atoms with van der Waals surface area (Å²) in [6, 6.07) is 18.1. The number of fused-ring (bicyclic) bond motifs is 5. The van der Waals surface area contributed by atoms with Crippen LogP contribution in [0.3, 0.4) is 0 Å². The summed E-state index contributed by atoms with van der Waals surface area (Å²) in [7, 11) is 0. The quantitative estimate of drug-likeness (QED) is 0.423. The first-order chi connectivity index (χ1) is 19.6. The lowest BCUT2D eigenvalue weighted by molar-refractivity contribution is -0.252. The first-order valence-electron chi connectivity index (χ1n) is 15.5. The van der Waals surface area contributed by atoms with Crippen LogP contribution in [0.4, 0.5) is 0 Å². The lowest BCUT2D eigenvalue weighted by Gasteiger charge is -2.65. The Morgan fingerprint density at radius 2 is 1.46 bits per heavy atom. The molecular formula is C35H44O6. The lowest BCUT2D eigenvalue weighted by atomic mass is 9.42. The van der Waals surface area contributed by atoms with Crippen molar-refractivity contribution in [3.8, 4) is 0 Å². The fourth-order valence-corrected chi connectivity index (χ4v) is 9.78. The molecule has 2 aromatic carbocycles. The van der Waals surface area contributed by atoms with Gasteiger partial charge in [0.15, 0.2) is 0 Å². The highest BCUT2D eigenvalue weighted by Gasteiger charge is 2.72. The molecule has 4 aliphatic carbocycles. The molecule has 0 aromatic heterocycles. The lowest BCUT2D eigenvalue weighted by Crippen LogP contribution is -2.68. The van der Waals surface area contributed by atoms with E-state index in [1.165, 1.54) is 0 Å². The number of aliphatic hydroxyl groups excluding tert-OH is 1. The molecule has 41 heavy (non-hydrogen) atoms. The van der Waals surface area contributed by atoms with Crippen molar-refractivity contribution in [1.82, 2.24) is 0 Å².